The summed E-state index contributed by atoms with van der Waals surface area (Å²) >= 11 is 0. The van der Waals surface area contributed by atoms with Gasteiger partial charge in [0.15, 0.2) is 35.4 Å². The molecule has 0 aliphatic carbocycles. The zero-order valence-corrected chi connectivity index (χ0v) is 20.9. The Balaban J connectivity index is 0.00000141. The maximum absolute atomic E-state index is 6.30. The van der Waals surface area contributed by atoms with Crippen LogP contribution < -0.4 is 30.0 Å². The van der Waals surface area contributed by atoms with Gasteiger partial charge < -0.3 is 34.9 Å². The number of amidine groups is 1. The maximum atomic E-state index is 6.30. The molecule has 2 atom stereocenters. The molecule has 35 heavy (non-hydrogen) atoms. The molecule has 2 aromatic carbocycles. The van der Waals surface area contributed by atoms with Crippen LogP contribution in [0, 0.1) is 0 Å². The lowest BCUT2D eigenvalue weighted by atomic mass is 10.1. The Kier molecular flexibility index (Phi) is 7.55. The van der Waals surface area contributed by atoms with Crippen LogP contribution in [0.1, 0.15) is 19.4 Å². The summed E-state index contributed by atoms with van der Waals surface area (Å²) in [6.45, 7) is 12.0. The number of methoxy groups -OCH3 is 2. The summed E-state index contributed by atoms with van der Waals surface area (Å²) in [7, 11) is 3.22. The summed E-state index contributed by atoms with van der Waals surface area (Å²) in [6.07, 6.45) is -0.436. The molecule has 2 aromatic rings. The lowest BCUT2D eigenvalue weighted by Crippen LogP contribution is -2.54. The van der Waals surface area contributed by atoms with Gasteiger partial charge in [0.05, 0.1) is 25.6 Å². The van der Waals surface area contributed by atoms with Crippen LogP contribution in [0.5, 0.6) is 23.0 Å². The average Bonchev–Trinajstić information content (AvgIpc) is 2.92. The number of anilines is 1. The summed E-state index contributed by atoms with van der Waals surface area (Å²) < 4.78 is 22.8. The first kappa shape index (κ1) is 24.5. The molecule has 3 aliphatic rings. The highest BCUT2D eigenvalue weighted by Gasteiger charge is 2.32. The molecule has 0 spiro atoms. The molecule has 1 saturated heterocycles. The minimum atomic E-state index is -0.243. The average molecular weight is 482 g/mol. The lowest BCUT2D eigenvalue weighted by Gasteiger charge is -2.42. The van der Waals surface area contributed by atoms with Crippen LogP contribution in [0.25, 0.3) is 0 Å². The minimum Gasteiger partial charge on any atom is -0.493 e. The zero-order chi connectivity index (χ0) is 24.9. The van der Waals surface area contributed by atoms with Gasteiger partial charge in [0, 0.05) is 37.8 Å². The van der Waals surface area contributed by atoms with E-state index in [2.05, 4.69) is 21.7 Å². The molecule has 3 N–H and O–H groups in total. The number of hydrogen-bond donors (Lipinski definition) is 2. The first-order valence-electron chi connectivity index (χ1n) is 12.0. The molecular weight excluding hydrogens is 446 g/mol. The van der Waals surface area contributed by atoms with Gasteiger partial charge in [-0.3, -0.25) is 4.90 Å². The lowest BCUT2D eigenvalue weighted by molar-refractivity contribution is 0.0694. The Labute approximate surface area is 207 Å². The molecule has 0 bridgehead atoms. The minimum absolute atomic E-state index is 0.192. The highest BCUT2D eigenvalue weighted by molar-refractivity contribution is 6.04. The van der Waals surface area contributed by atoms with E-state index in [0.717, 1.165) is 54.6 Å². The van der Waals surface area contributed by atoms with Gasteiger partial charge in [0.1, 0.15) is 12.4 Å². The summed E-state index contributed by atoms with van der Waals surface area (Å²) in [4.78, 5) is 9.22. The van der Waals surface area contributed by atoms with E-state index in [1.807, 2.05) is 50.2 Å². The Hall–Kier alpha value is -3.59. The normalized spacial score (nSPS) is 20.9. The molecule has 2 unspecified atom stereocenters. The first-order chi connectivity index (χ1) is 17.1. The van der Waals surface area contributed by atoms with Crippen molar-refractivity contribution in [2.45, 2.75) is 26.2 Å². The quantitative estimate of drug-likeness (QED) is 0.673. The van der Waals surface area contributed by atoms with Crippen LogP contribution in [-0.2, 0) is 0 Å². The smallest absolute Gasteiger partial charge is 0.178 e. The third-order valence-corrected chi connectivity index (χ3v) is 6.29. The monoisotopic (exact) mass is 481 g/mol. The number of para-hydroxylation sites is 2. The van der Waals surface area contributed by atoms with Crippen molar-refractivity contribution in [2.24, 2.45) is 10.7 Å². The maximum Gasteiger partial charge on any atom is 0.178 e. The molecule has 0 aromatic heterocycles. The molecule has 9 nitrogen and oxygen atoms in total. The number of rotatable bonds is 5. The zero-order valence-electron chi connectivity index (χ0n) is 20.9. The summed E-state index contributed by atoms with van der Waals surface area (Å²) in [6, 6.07) is 11.5. The number of nitrogens with two attached hydrogens (primary N) is 1. The number of nitrogens with one attached hydrogen (secondary N) is 1. The number of nitrogens with zero attached hydrogens (tertiary/aromatic N) is 3. The van der Waals surface area contributed by atoms with E-state index in [9.17, 15) is 0 Å². The second-order valence-electron chi connectivity index (χ2n) is 8.16. The van der Waals surface area contributed by atoms with Gasteiger partial charge in [-0.05, 0) is 18.2 Å². The van der Waals surface area contributed by atoms with Crippen LogP contribution >= 0.6 is 0 Å². The van der Waals surface area contributed by atoms with E-state index < -0.39 is 0 Å². The number of hydrogen-bond acceptors (Lipinski definition) is 9. The van der Waals surface area contributed by atoms with E-state index in [1.54, 1.807) is 14.2 Å². The molecule has 9 heteroatoms. The van der Waals surface area contributed by atoms with Gasteiger partial charge in [-0.2, -0.15) is 0 Å². The van der Waals surface area contributed by atoms with Crippen LogP contribution in [0.15, 0.2) is 53.7 Å². The Bertz CT molecular complexity index is 1080. The second kappa shape index (κ2) is 10.8. The fourth-order valence-corrected chi connectivity index (χ4v) is 4.40. The van der Waals surface area contributed by atoms with Crippen molar-refractivity contribution < 1.29 is 18.9 Å². The van der Waals surface area contributed by atoms with Crippen molar-refractivity contribution in [2.75, 3.05) is 52.3 Å². The van der Waals surface area contributed by atoms with E-state index >= 15 is 0 Å². The van der Waals surface area contributed by atoms with Gasteiger partial charge in [0.25, 0.3) is 0 Å². The summed E-state index contributed by atoms with van der Waals surface area (Å²) in [5, 5.41) is 3.48. The van der Waals surface area contributed by atoms with Crippen LogP contribution in [0.4, 0.5) is 5.69 Å². The topological polar surface area (TPSA) is 93.8 Å². The third kappa shape index (κ3) is 4.95. The highest BCUT2D eigenvalue weighted by Crippen LogP contribution is 2.36. The van der Waals surface area contributed by atoms with Crippen molar-refractivity contribution in [3.05, 3.63) is 54.2 Å². The van der Waals surface area contributed by atoms with Crippen molar-refractivity contribution in [1.82, 2.24) is 9.80 Å². The van der Waals surface area contributed by atoms with Crippen molar-refractivity contribution in [3.63, 3.8) is 0 Å². The number of benzene rings is 2. The Morgan fingerprint density at radius 1 is 1.06 bits per heavy atom. The molecule has 5 rings (SSSR count). The van der Waals surface area contributed by atoms with E-state index in [1.165, 1.54) is 0 Å². The van der Waals surface area contributed by atoms with E-state index in [0.29, 0.717) is 23.9 Å². The van der Waals surface area contributed by atoms with Gasteiger partial charge in [-0.1, -0.05) is 32.6 Å². The van der Waals surface area contributed by atoms with Gasteiger partial charge in [0.2, 0.25) is 0 Å². The van der Waals surface area contributed by atoms with Gasteiger partial charge in [-0.25, -0.2) is 4.99 Å². The van der Waals surface area contributed by atoms with Crippen LogP contribution in [-0.4, -0.2) is 75.0 Å². The number of aliphatic imine (C=N–C) groups is 1. The largest absolute Gasteiger partial charge is 0.493 e. The Morgan fingerprint density at radius 2 is 1.71 bits per heavy atom. The van der Waals surface area contributed by atoms with Crippen LogP contribution in [0.2, 0.25) is 0 Å². The highest BCUT2D eigenvalue weighted by atomic mass is 16.6. The summed E-state index contributed by atoms with van der Waals surface area (Å²) in [5.41, 5.74) is 8.93. The number of ether oxygens (including phenoxy) is 4. The molecule has 0 amide bonds. The predicted octanol–water partition coefficient (Wildman–Crippen LogP) is 3.12. The van der Waals surface area contributed by atoms with Crippen molar-refractivity contribution >= 4 is 11.5 Å². The molecule has 1 fully saturated rings. The molecule has 0 radical (unpaired) electrons. The van der Waals surface area contributed by atoms with Crippen LogP contribution in [0.3, 0.4) is 0 Å². The molecule has 188 valence electrons. The van der Waals surface area contributed by atoms with E-state index in [-0.39, 0.29) is 12.4 Å². The third-order valence-electron chi connectivity index (χ3n) is 6.29. The molecule has 3 aliphatic heterocycles. The molecule has 3 heterocycles. The molecular formula is C26H35N5O4. The second-order valence-corrected chi connectivity index (χ2v) is 8.16. The van der Waals surface area contributed by atoms with Gasteiger partial charge in [-0.15, -0.1) is 0 Å². The van der Waals surface area contributed by atoms with Crippen molar-refractivity contribution in [3.8, 4) is 23.0 Å². The fourth-order valence-electron chi connectivity index (χ4n) is 4.40. The van der Waals surface area contributed by atoms with Gasteiger partial charge >= 0.3 is 0 Å². The molecule has 0 saturated carbocycles. The summed E-state index contributed by atoms with van der Waals surface area (Å²) in [5.74, 6) is 3.29. The van der Waals surface area contributed by atoms with Crippen molar-refractivity contribution in [1.29, 1.82) is 0 Å². The standard InChI is InChI=1S/C24H29N5O4.C2H6/c1-15(22-14-32-18-6-4-5-7-19(18)33-22)28-8-10-29(11-9-28)24-26-17-13-21(31-3)20(30-2)12-16(17)23(25)27-24;1-2/h4-7,12-13,22,24,26H,1,8-11,14H2,2-3H3,(H2,25,27);1-2H3. The SMILES string of the molecule is C=C(C1COc2ccccc2O1)N1CCN(C2N=C(N)c3cc(OC)c(OC)cc3N2)CC1.CC. The first-order valence-corrected chi connectivity index (χ1v) is 12.0. The fraction of sp³-hybridized carbons (Fsp3) is 0.423. The van der Waals surface area contributed by atoms with E-state index in [4.69, 9.17) is 29.7 Å². The number of fused-ring (bicyclic) bond motifs is 2. The Morgan fingerprint density at radius 3 is 2.40 bits per heavy atom. The number of piperazine rings is 1. The predicted molar refractivity (Wildman–Crippen MR) is 138 cm³/mol.